The Morgan fingerprint density at radius 3 is 2.76 bits per heavy atom. The third-order valence-corrected chi connectivity index (χ3v) is 4.21. The lowest BCUT2D eigenvalue weighted by Gasteiger charge is -2.19. The molecule has 96 valence electrons. The number of ether oxygens (including phenoxy) is 1. The van der Waals surface area contributed by atoms with Gasteiger partial charge in [0.1, 0.15) is 4.88 Å². The molecule has 6 heteroatoms. The molecular weight excluding hydrogens is 281 g/mol. The van der Waals surface area contributed by atoms with Crippen molar-refractivity contribution in [2.75, 3.05) is 27.3 Å². The van der Waals surface area contributed by atoms with Gasteiger partial charge in [0.25, 0.3) is 5.91 Å². The van der Waals surface area contributed by atoms with Crippen LogP contribution in [0.3, 0.4) is 0 Å². The van der Waals surface area contributed by atoms with Gasteiger partial charge in [0.05, 0.1) is 17.0 Å². The molecule has 0 aliphatic heterocycles. The zero-order valence-electron chi connectivity index (χ0n) is 10.00. The predicted octanol–water partition coefficient (Wildman–Crippen LogP) is 3.04. The van der Waals surface area contributed by atoms with Crippen LogP contribution < -0.4 is 0 Å². The van der Waals surface area contributed by atoms with Crippen LogP contribution in [-0.4, -0.2) is 43.5 Å². The van der Waals surface area contributed by atoms with E-state index in [1.54, 1.807) is 19.1 Å². The largest absolute Gasteiger partial charge is 0.383 e. The highest BCUT2D eigenvalue weighted by Gasteiger charge is 2.20. The minimum Gasteiger partial charge on any atom is -0.383 e. The van der Waals surface area contributed by atoms with Crippen LogP contribution in [0.15, 0.2) is 5.38 Å². The molecule has 0 saturated carbocycles. The van der Waals surface area contributed by atoms with Crippen molar-refractivity contribution in [2.45, 2.75) is 12.3 Å². The first-order valence-electron chi connectivity index (χ1n) is 5.09. The van der Waals surface area contributed by atoms with E-state index in [9.17, 15) is 4.79 Å². The Morgan fingerprint density at radius 2 is 2.29 bits per heavy atom. The number of aryl methyl sites for hydroxylation is 1. The van der Waals surface area contributed by atoms with E-state index in [1.807, 2.05) is 12.3 Å². The minimum absolute atomic E-state index is 0.102. The van der Waals surface area contributed by atoms with Gasteiger partial charge in [-0.3, -0.25) is 4.79 Å². The molecule has 3 nitrogen and oxygen atoms in total. The van der Waals surface area contributed by atoms with Crippen LogP contribution in [0, 0.1) is 6.92 Å². The van der Waals surface area contributed by atoms with E-state index < -0.39 is 0 Å². The molecule has 1 aromatic heterocycles. The van der Waals surface area contributed by atoms with Gasteiger partial charge in [0, 0.05) is 20.7 Å². The van der Waals surface area contributed by atoms with Gasteiger partial charge in [-0.05, 0) is 17.9 Å². The van der Waals surface area contributed by atoms with Crippen molar-refractivity contribution in [1.29, 1.82) is 0 Å². The smallest absolute Gasteiger partial charge is 0.265 e. The van der Waals surface area contributed by atoms with E-state index in [4.69, 9.17) is 27.9 Å². The number of halogens is 2. The van der Waals surface area contributed by atoms with Crippen molar-refractivity contribution in [3.05, 3.63) is 20.8 Å². The van der Waals surface area contributed by atoms with Crippen LogP contribution in [0.2, 0.25) is 5.02 Å². The molecule has 0 radical (unpaired) electrons. The van der Waals surface area contributed by atoms with Gasteiger partial charge in [0.2, 0.25) is 0 Å². The number of nitrogens with zero attached hydrogens (tertiary/aromatic N) is 1. The highest BCUT2D eigenvalue weighted by Crippen LogP contribution is 2.28. The molecular formula is C11H15Cl2NO2S. The second-order valence-corrected chi connectivity index (χ2v) is 5.67. The van der Waals surface area contributed by atoms with Crippen LogP contribution in [0.25, 0.3) is 0 Å². The van der Waals surface area contributed by atoms with E-state index in [-0.39, 0.29) is 11.3 Å². The highest BCUT2D eigenvalue weighted by atomic mass is 35.5. The monoisotopic (exact) mass is 295 g/mol. The first kappa shape index (κ1) is 14.8. The number of hydrogen-bond donors (Lipinski definition) is 0. The lowest BCUT2D eigenvalue weighted by molar-refractivity contribution is 0.0786. The summed E-state index contributed by atoms with van der Waals surface area (Å²) >= 11 is 13.4. The zero-order chi connectivity index (χ0) is 13.0. The van der Waals surface area contributed by atoms with Gasteiger partial charge < -0.3 is 9.64 Å². The summed E-state index contributed by atoms with van der Waals surface area (Å²) in [6.45, 7) is 2.72. The molecule has 0 bridgehead atoms. The maximum absolute atomic E-state index is 12.1. The van der Waals surface area contributed by atoms with E-state index in [1.165, 1.54) is 11.3 Å². The van der Waals surface area contributed by atoms with Crippen molar-refractivity contribution in [2.24, 2.45) is 0 Å². The quantitative estimate of drug-likeness (QED) is 0.782. The highest BCUT2D eigenvalue weighted by molar-refractivity contribution is 7.13. The Hall–Kier alpha value is -0.290. The molecule has 0 aromatic carbocycles. The van der Waals surface area contributed by atoms with Crippen molar-refractivity contribution >= 4 is 40.4 Å². The normalized spacial score (nSPS) is 12.5. The summed E-state index contributed by atoms with van der Waals surface area (Å²) in [5, 5.41) is 2.19. The topological polar surface area (TPSA) is 29.5 Å². The summed E-state index contributed by atoms with van der Waals surface area (Å²) in [5.41, 5.74) is 0.924. The Balaban J connectivity index is 2.67. The van der Waals surface area contributed by atoms with E-state index >= 15 is 0 Å². The van der Waals surface area contributed by atoms with E-state index in [0.29, 0.717) is 23.1 Å². The number of alkyl halides is 1. The van der Waals surface area contributed by atoms with Gasteiger partial charge in [-0.25, -0.2) is 0 Å². The zero-order valence-corrected chi connectivity index (χ0v) is 12.3. The average Bonchev–Trinajstić information content (AvgIpc) is 2.59. The molecule has 1 amide bonds. The second kappa shape index (κ2) is 6.59. The summed E-state index contributed by atoms with van der Waals surface area (Å²) in [7, 11) is 3.29. The summed E-state index contributed by atoms with van der Waals surface area (Å²) in [6, 6.07) is 0. The molecule has 0 aliphatic rings. The fourth-order valence-corrected chi connectivity index (χ4v) is 2.96. The Kier molecular flexibility index (Phi) is 5.73. The SMILES string of the molecule is COCC(Cl)CN(C)C(=O)c1scc(C)c1Cl. The molecule has 1 heterocycles. The van der Waals surface area contributed by atoms with Gasteiger partial charge in [-0.1, -0.05) is 11.6 Å². The Morgan fingerprint density at radius 1 is 1.65 bits per heavy atom. The van der Waals surface area contributed by atoms with E-state index in [0.717, 1.165) is 5.56 Å². The fourth-order valence-electron chi connectivity index (χ4n) is 1.36. The molecule has 0 N–H and O–H groups in total. The van der Waals surface area contributed by atoms with Gasteiger partial charge in [-0.15, -0.1) is 22.9 Å². The molecule has 1 atom stereocenters. The number of carbonyl (C=O) groups excluding carboxylic acids is 1. The van der Waals surface area contributed by atoms with Crippen LogP contribution in [0.1, 0.15) is 15.2 Å². The average molecular weight is 296 g/mol. The predicted molar refractivity (Wildman–Crippen MR) is 72.5 cm³/mol. The first-order valence-corrected chi connectivity index (χ1v) is 6.78. The Bertz CT molecular complexity index is 395. The summed E-state index contributed by atoms with van der Waals surface area (Å²) in [5.74, 6) is -0.102. The van der Waals surface area contributed by atoms with Crippen LogP contribution in [0.5, 0.6) is 0 Å². The molecule has 1 unspecified atom stereocenters. The molecule has 1 rings (SSSR count). The molecule has 1 aromatic rings. The van der Waals surface area contributed by atoms with Gasteiger partial charge >= 0.3 is 0 Å². The maximum Gasteiger partial charge on any atom is 0.265 e. The lowest BCUT2D eigenvalue weighted by Crippen LogP contribution is -2.33. The van der Waals surface area contributed by atoms with E-state index in [2.05, 4.69) is 0 Å². The number of hydrogen-bond acceptors (Lipinski definition) is 3. The minimum atomic E-state index is -0.214. The standard InChI is InChI=1S/C11H15Cl2NO2S/c1-7-6-17-10(9(7)13)11(15)14(2)4-8(12)5-16-3/h6,8H,4-5H2,1-3H3. The van der Waals surface area contributed by atoms with Crippen LogP contribution in [0.4, 0.5) is 0 Å². The van der Waals surface area contributed by atoms with Gasteiger partial charge in [0.15, 0.2) is 0 Å². The van der Waals surface area contributed by atoms with Crippen molar-refractivity contribution in [1.82, 2.24) is 4.90 Å². The van der Waals surface area contributed by atoms with Crippen molar-refractivity contribution in [3.63, 3.8) is 0 Å². The third-order valence-electron chi connectivity index (χ3n) is 2.26. The number of carbonyl (C=O) groups is 1. The molecule has 0 aliphatic carbocycles. The summed E-state index contributed by atoms with van der Waals surface area (Å²) < 4.78 is 4.92. The summed E-state index contributed by atoms with van der Waals surface area (Å²) in [4.78, 5) is 14.2. The summed E-state index contributed by atoms with van der Waals surface area (Å²) in [6.07, 6.45) is 0. The third kappa shape index (κ3) is 3.85. The molecule has 0 spiro atoms. The van der Waals surface area contributed by atoms with Crippen LogP contribution in [-0.2, 0) is 4.74 Å². The molecule has 0 fully saturated rings. The number of amides is 1. The number of rotatable bonds is 5. The van der Waals surface area contributed by atoms with Gasteiger partial charge in [-0.2, -0.15) is 0 Å². The second-order valence-electron chi connectivity index (χ2n) is 3.80. The Labute approximate surface area is 115 Å². The number of thiophene rings is 1. The lowest BCUT2D eigenvalue weighted by atomic mass is 10.3. The number of methoxy groups -OCH3 is 1. The maximum atomic E-state index is 12.1. The molecule has 0 saturated heterocycles. The van der Waals surface area contributed by atoms with Crippen molar-refractivity contribution in [3.8, 4) is 0 Å². The first-order chi connectivity index (χ1) is 7.97. The van der Waals surface area contributed by atoms with Crippen molar-refractivity contribution < 1.29 is 9.53 Å². The van der Waals surface area contributed by atoms with Crippen LogP contribution >= 0.6 is 34.5 Å². The fraction of sp³-hybridized carbons (Fsp3) is 0.545. The molecule has 17 heavy (non-hydrogen) atoms.